The highest BCUT2D eigenvalue weighted by atomic mass is 32.2. The van der Waals surface area contributed by atoms with E-state index in [-0.39, 0.29) is 23.7 Å². The molecule has 0 amide bonds. The molecule has 0 N–H and O–H groups in total. The van der Waals surface area contributed by atoms with Crippen molar-refractivity contribution >= 4 is 15.6 Å². The van der Waals surface area contributed by atoms with Crippen LogP contribution >= 0.6 is 0 Å². The average Bonchev–Trinajstić information content (AvgIpc) is 2.38. The highest BCUT2D eigenvalue weighted by Gasteiger charge is 2.13. The van der Waals surface area contributed by atoms with Crippen molar-refractivity contribution in [3.8, 4) is 0 Å². The van der Waals surface area contributed by atoms with E-state index in [4.69, 9.17) is 0 Å². The van der Waals surface area contributed by atoms with Gasteiger partial charge in [-0.2, -0.15) is 0 Å². The Hall–Kier alpha value is -1.23. The van der Waals surface area contributed by atoms with Crippen molar-refractivity contribution in [2.45, 2.75) is 33.1 Å². The largest absolute Gasteiger partial charge is 0.292 e. The summed E-state index contributed by atoms with van der Waals surface area (Å²) in [5.74, 6) is 0.132. The predicted molar refractivity (Wildman–Crippen MR) is 71.5 cm³/mol. The van der Waals surface area contributed by atoms with Crippen LogP contribution in [-0.4, -0.2) is 30.7 Å². The molecule has 1 aromatic rings. The Morgan fingerprint density at radius 2 is 2.06 bits per heavy atom. The summed E-state index contributed by atoms with van der Waals surface area (Å²) in [5, 5.41) is 0. The van der Waals surface area contributed by atoms with Gasteiger partial charge in [0.05, 0.1) is 5.75 Å². The van der Waals surface area contributed by atoms with Gasteiger partial charge in [0, 0.05) is 18.4 Å². The fourth-order valence-corrected chi connectivity index (χ4v) is 2.56. The Bertz CT molecular complexity index is 509. The zero-order chi connectivity index (χ0) is 13.6. The molecule has 0 saturated carbocycles. The van der Waals surface area contributed by atoms with Crippen LogP contribution in [0.2, 0.25) is 0 Å². The van der Waals surface area contributed by atoms with Gasteiger partial charge in [0.25, 0.3) is 0 Å². The average molecular weight is 269 g/mol. The number of ketones is 1. The first-order valence-corrected chi connectivity index (χ1v) is 7.99. The zero-order valence-electron chi connectivity index (χ0n) is 10.8. The van der Waals surface area contributed by atoms with E-state index >= 15 is 0 Å². The van der Waals surface area contributed by atoms with E-state index in [1.165, 1.54) is 0 Å². The van der Waals surface area contributed by atoms with E-state index in [1.807, 2.05) is 13.0 Å². The number of hydrogen-bond donors (Lipinski definition) is 0. The number of nitrogens with zero attached hydrogens (tertiary/aromatic N) is 1. The maximum absolute atomic E-state index is 11.9. The smallest absolute Gasteiger partial charge is 0.181 e. The van der Waals surface area contributed by atoms with Crippen LogP contribution in [-0.2, 0) is 16.3 Å². The van der Waals surface area contributed by atoms with Crippen LogP contribution in [0.25, 0.3) is 0 Å². The molecule has 0 fully saturated rings. The van der Waals surface area contributed by atoms with Crippen LogP contribution < -0.4 is 0 Å². The lowest BCUT2D eigenvalue weighted by molar-refractivity contribution is 0.0976. The molecule has 0 aliphatic heterocycles. The number of hydrogen-bond acceptors (Lipinski definition) is 4. The van der Waals surface area contributed by atoms with E-state index in [9.17, 15) is 13.2 Å². The van der Waals surface area contributed by atoms with Crippen LogP contribution in [0.3, 0.4) is 0 Å². The minimum absolute atomic E-state index is 0.0706. The normalized spacial score (nSPS) is 11.4. The highest BCUT2D eigenvalue weighted by molar-refractivity contribution is 7.91. The Balaban J connectivity index is 2.61. The molecular weight excluding hydrogens is 250 g/mol. The molecular formula is C13H19NO3S. The lowest BCUT2D eigenvalue weighted by atomic mass is 10.1. The van der Waals surface area contributed by atoms with Crippen LogP contribution in [0.5, 0.6) is 0 Å². The summed E-state index contributed by atoms with van der Waals surface area (Å²) < 4.78 is 22.6. The second-order valence-electron chi connectivity index (χ2n) is 4.13. The SMILES string of the molecule is CCc1cccnc1C(=O)CCCS(=O)(=O)CC. The van der Waals surface area contributed by atoms with E-state index in [0.717, 1.165) is 12.0 Å². The van der Waals surface area contributed by atoms with Crippen molar-refractivity contribution in [2.75, 3.05) is 11.5 Å². The molecule has 0 aliphatic rings. The number of sulfone groups is 1. The molecule has 100 valence electrons. The third-order valence-electron chi connectivity index (χ3n) is 2.84. The summed E-state index contributed by atoms with van der Waals surface area (Å²) in [6, 6.07) is 3.68. The van der Waals surface area contributed by atoms with E-state index in [1.54, 1.807) is 19.2 Å². The van der Waals surface area contributed by atoms with Gasteiger partial charge < -0.3 is 0 Å². The zero-order valence-corrected chi connectivity index (χ0v) is 11.7. The van der Waals surface area contributed by atoms with Gasteiger partial charge in [-0.05, 0) is 24.5 Å². The molecule has 0 unspecified atom stereocenters. The predicted octanol–water partition coefficient (Wildman–Crippen LogP) is 2.04. The number of carbonyl (C=O) groups excluding carboxylic acids is 1. The minimum Gasteiger partial charge on any atom is -0.292 e. The summed E-state index contributed by atoms with van der Waals surface area (Å²) in [6.07, 6.45) is 2.95. The summed E-state index contributed by atoms with van der Waals surface area (Å²) >= 11 is 0. The highest BCUT2D eigenvalue weighted by Crippen LogP contribution is 2.10. The van der Waals surface area contributed by atoms with Gasteiger partial charge >= 0.3 is 0 Å². The Morgan fingerprint density at radius 1 is 1.33 bits per heavy atom. The van der Waals surface area contributed by atoms with Crippen molar-refractivity contribution in [2.24, 2.45) is 0 Å². The number of Topliss-reactive ketones (excluding diaryl/α,β-unsaturated/α-hetero) is 1. The van der Waals surface area contributed by atoms with Gasteiger partial charge in [-0.3, -0.25) is 9.78 Å². The first-order chi connectivity index (χ1) is 8.50. The van der Waals surface area contributed by atoms with Crippen LogP contribution in [0, 0.1) is 0 Å². The lowest BCUT2D eigenvalue weighted by Crippen LogP contribution is -2.12. The van der Waals surface area contributed by atoms with Gasteiger partial charge in [-0.25, -0.2) is 8.42 Å². The van der Waals surface area contributed by atoms with Crippen molar-refractivity contribution in [1.29, 1.82) is 0 Å². The number of pyridine rings is 1. The second-order valence-corrected chi connectivity index (χ2v) is 6.60. The Morgan fingerprint density at radius 3 is 2.67 bits per heavy atom. The standard InChI is InChI=1S/C13H19NO3S/c1-3-11-7-5-9-14-13(11)12(15)8-6-10-18(16,17)4-2/h5,7,9H,3-4,6,8,10H2,1-2H3. The Kier molecular flexibility index (Phi) is 5.47. The molecule has 0 atom stereocenters. The number of aryl methyl sites for hydroxylation is 1. The summed E-state index contributed by atoms with van der Waals surface area (Å²) in [6.45, 7) is 3.58. The molecule has 4 nitrogen and oxygen atoms in total. The molecule has 1 heterocycles. The molecule has 0 aromatic carbocycles. The second kappa shape index (κ2) is 6.64. The van der Waals surface area contributed by atoms with Crippen LogP contribution in [0.4, 0.5) is 0 Å². The monoisotopic (exact) mass is 269 g/mol. The van der Waals surface area contributed by atoms with E-state index < -0.39 is 9.84 Å². The van der Waals surface area contributed by atoms with Gasteiger partial charge in [0.15, 0.2) is 5.78 Å². The number of carbonyl (C=O) groups is 1. The van der Waals surface area contributed by atoms with Crippen molar-refractivity contribution in [3.63, 3.8) is 0 Å². The number of rotatable bonds is 7. The quantitative estimate of drug-likeness (QED) is 0.711. The van der Waals surface area contributed by atoms with E-state index in [2.05, 4.69) is 4.98 Å². The molecule has 18 heavy (non-hydrogen) atoms. The molecule has 0 aliphatic carbocycles. The maximum Gasteiger partial charge on any atom is 0.181 e. The molecule has 0 radical (unpaired) electrons. The van der Waals surface area contributed by atoms with Crippen LogP contribution in [0.1, 0.15) is 42.7 Å². The third-order valence-corrected chi connectivity index (χ3v) is 4.63. The fourth-order valence-electron chi connectivity index (χ4n) is 1.69. The maximum atomic E-state index is 11.9. The van der Waals surface area contributed by atoms with E-state index in [0.29, 0.717) is 12.1 Å². The molecule has 0 bridgehead atoms. The van der Waals surface area contributed by atoms with Gasteiger partial charge in [0.1, 0.15) is 15.5 Å². The van der Waals surface area contributed by atoms with Crippen molar-refractivity contribution in [3.05, 3.63) is 29.6 Å². The minimum atomic E-state index is -2.99. The van der Waals surface area contributed by atoms with Crippen LogP contribution in [0.15, 0.2) is 18.3 Å². The first kappa shape index (κ1) is 14.8. The Labute approximate surface area is 108 Å². The fraction of sp³-hybridized carbons (Fsp3) is 0.538. The lowest BCUT2D eigenvalue weighted by Gasteiger charge is -2.05. The molecule has 1 aromatic heterocycles. The molecule has 0 spiro atoms. The summed E-state index contributed by atoms with van der Waals surface area (Å²) in [7, 11) is -2.99. The van der Waals surface area contributed by atoms with Crippen molar-refractivity contribution in [1.82, 2.24) is 4.98 Å². The summed E-state index contributed by atoms with van der Waals surface area (Å²) in [5.41, 5.74) is 1.40. The third kappa shape index (κ3) is 4.22. The number of aromatic nitrogens is 1. The topological polar surface area (TPSA) is 64.1 Å². The van der Waals surface area contributed by atoms with Gasteiger partial charge in [-0.15, -0.1) is 0 Å². The molecule has 1 rings (SSSR count). The van der Waals surface area contributed by atoms with Gasteiger partial charge in [0.2, 0.25) is 0 Å². The molecule has 0 saturated heterocycles. The summed E-state index contributed by atoms with van der Waals surface area (Å²) in [4.78, 5) is 16.0. The first-order valence-electron chi connectivity index (χ1n) is 6.17. The molecule has 5 heteroatoms. The van der Waals surface area contributed by atoms with Gasteiger partial charge in [-0.1, -0.05) is 19.9 Å². The van der Waals surface area contributed by atoms with Crippen molar-refractivity contribution < 1.29 is 13.2 Å².